The van der Waals surface area contributed by atoms with Gasteiger partial charge in [-0.05, 0) is 19.1 Å². The lowest BCUT2D eigenvalue weighted by Crippen LogP contribution is -2.14. The predicted octanol–water partition coefficient (Wildman–Crippen LogP) is 1.72. The molecular formula is C13H16N4O3S. The van der Waals surface area contributed by atoms with Crippen molar-refractivity contribution < 1.29 is 13.2 Å². The highest BCUT2D eigenvalue weighted by Crippen LogP contribution is 2.20. The Morgan fingerprint density at radius 3 is 2.57 bits per heavy atom. The van der Waals surface area contributed by atoms with Gasteiger partial charge >= 0.3 is 0 Å². The van der Waals surface area contributed by atoms with Crippen LogP contribution < -0.4 is 14.8 Å². The van der Waals surface area contributed by atoms with Gasteiger partial charge in [0.25, 0.3) is 10.0 Å². The average Bonchev–Trinajstić information content (AvgIpc) is 2.47. The van der Waals surface area contributed by atoms with E-state index < -0.39 is 10.0 Å². The third kappa shape index (κ3) is 3.82. The van der Waals surface area contributed by atoms with Crippen LogP contribution in [0, 0.1) is 0 Å². The molecule has 0 aliphatic rings. The van der Waals surface area contributed by atoms with Gasteiger partial charge in [0.05, 0.1) is 24.7 Å². The van der Waals surface area contributed by atoms with E-state index in [1.807, 2.05) is 6.92 Å². The van der Waals surface area contributed by atoms with E-state index in [0.717, 1.165) is 0 Å². The van der Waals surface area contributed by atoms with Gasteiger partial charge in [0.15, 0.2) is 0 Å². The highest BCUT2D eigenvalue weighted by Gasteiger charge is 2.15. The van der Waals surface area contributed by atoms with Crippen molar-refractivity contribution in [1.29, 1.82) is 0 Å². The first-order valence-corrected chi connectivity index (χ1v) is 7.79. The number of anilines is 2. The Labute approximate surface area is 123 Å². The van der Waals surface area contributed by atoms with E-state index in [2.05, 4.69) is 20.0 Å². The van der Waals surface area contributed by atoms with Crippen molar-refractivity contribution in [3.05, 3.63) is 36.7 Å². The maximum absolute atomic E-state index is 12.2. The monoisotopic (exact) mass is 308 g/mol. The molecule has 0 amide bonds. The van der Waals surface area contributed by atoms with Gasteiger partial charge in [0, 0.05) is 13.1 Å². The fourth-order valence-electron chi connectivity index (χ4n) is 1.61. The molecule has 0 fully saturated rings. The smallest absolute Gasteiger partial charge is 0.264 e. The second-order valence-electron chi connectivity index (χ2n) is 4.06. The molecule has 0 aliphatic heterocycles. The summed E-state index contributed by atoms with van der Waals surface area (Å²) in [5, 5.41) is 2.72. The SMILES string of the molecule is CCOc1cccc(NS(=O)(=O)c2cnc(NC)nc2)c1. The topological polar surface area (TPSA) is 93.2 Å². The van der Waals surface area contributed by atoms with Crippen molar-refractivity contribution in [2.24, 2.45) is 0 Å². The first-order chi connectivity index (χ1) is 10.0. The lowest BCUT2D eigenvalue weighted by Gasteiger charge is -2.09. The molecule has 0 saturated heterocycles. The van der Waals surface area contributed by atoms with Crippen LogP contribution in [0.1, 0.15) is 6.92 Å². The summed E-state index contributed by atoms with van der Waals surface area (Å²) in [5.74, 6) is 0.951. The van der Waals surface area contributed by atoms with Gasteiger partial charge in [-0.25, -0.2) is 18.4 Å². The molecule has 0 aliphatic carbocycles. The maximum atomic E-state index is 12.2. The molecule has 1 aromatic heterocycles. The minimum Gasteiger partial charge on any atom is -0.494 e. The normalized spacial score (nSPS) is 11.0. The zero-order valence-electron chi connectivity index (χ0n) is 11.7. The Kier molecular flexibility index (Phi) is 4.59. The number of rotatable bonds is 6. The largest absolute Gasteiger partial charge is 0.494 e. The van der Waals surface area contributed by atoms with Crippen LogP contribution in [0.4, 0.5) is 11.6 Å². The number of benzene rings is 1. The molecule has 0 spiro atoms. The van der Waals surface area contributed by atoms with Crippen LogP contribution >= 0.6 is 0 Å². The standard InChI is InChI=1S/C13H16N4O3S/c1-3-20-11-6-4-5-10(7-11)17-21(18,19)12-8-15-13(14-2)16-9-12/h4-9,17H,3H2,1-2H3,(H,14,15,16). The van der Waals surface area contributed by atoms with Gasteiger partial charge in [-0.15, -0.1) is 0 Å². The molecule has 7 nitrogen and oxygen atoms in total. The maximum Gasteiger partial charge on any atom is 0.264 e. The second kappa shape index (κ2) is 6.40. The van der Waals surface area contributed by atoms with Gasteiger partial charge in [0.2, 0.25) is 5.95 Å². The molecule has 0 unspecified atom stereocenters. The summed E-state index contributed by atoms with van der Waals surface area (Å²) in [6.07, 6.45) is 2.49. The van der Waals surface area contributed by atoms with Crippen LogP contribution in [0.3, 0.4) is 0 Å². The summed E-state index contributed by atoms with van der Waals surface area (Å²) in [6, 6.07) is 6.72. The van der Waals surface area contributed by atoms with Gasteiger partial charge < -0.3 is 10.1 Å². The Morgan fingerprint density at radius 2 is 1.95 bits per heavy atom. The van der Waals surface area contributed by atoms with Crippen molar-refractivity contribution in [2.75, 3.05) is 23.7 Å². The zero-order chi connectivity index (χ0) is 15.3. The summed E-state index contributed by atoms with van der Waals surface area (Å²) in [6.45, 7) is 2.37. The fourth-order valence-corrected chi connectivity index (χ4v) is 2.55. The van der Waals surface area contributed by atoms with Crippen LogP contribution in [-0.4, -0.2) is 32.0 Å². The van der Waals surface area contributed by atoms with Crippen molar-refractivity contribution in [3.8, 4) is 5.75 Å². The average molecular weight is 308 g/mol. The molecule has 112 valence electrons. The van der Waals surface area contributed by atoms with Crippen LogP contribution in [0.5, 0.6) is 5.75 Å². The molecular weight excluding hydrogens is 292 g/mol. The number of sulfonamides is 1. The minimum atomic E-state index is -3.73. The third-order valence-electron chi connectivity index (χ3n) is 2.56. The van der Waals surface area contributed by atoms with E-state index >= 15 is 0 Å². The Bertz CT molecular complexity index is 702. The van der Waals surface area contributed by atoms with Gasteiger partial charge in [0.1, 0.15) is 10.6 Å². The Balaban J connectivity index is 2.21. The molecule has 0 radical (unpaired) electrons. The number of nitrogens with one attached hydrogen (secondary N) is 2. The highest BCUT2D eigenvalue weighted by atomic mass is 32.2. The molecule has 1 heterocycles. The van der Waals surface area contributed by atoms with Crippen molar-refractivity contribution in [1.82, 2.24) is 9.97 Å². The van der Waals surface area contributed by atoms with E-state index in [9.17, 15) is 8.42 Å². The van der Waals surface area contributed by atoms with Crippen LogP contribution in [-0.2, 0) is 10.0 Å². The zero-order valence-corrected chi connectivity index (χ0v) is 12.5. The van der Waals surface area contributed by atoms with E-state index in [-0.39, 0.29) is 4.90 Å². The molecule has 0 atom stereocenters. The van der Waals surface area contributed by atoms with E-state index in [0.29, 0.717) is 24.0 Å². The predicted molar refractivity (Wildman–Crippen MR) is 80.0 cm³/mol. The Hall–Kier alpha value is -2.35. The lowest BCUT2D eigenvalue weighted by molar-refractivity contribution is 0.340. The molecule has 2 aromatic rings. The third-order valence-corrected chi connectivity index (χ3v) is 3.90. The van der Waals surface area contributed by atoms with E-state index in [4.69, 9.17) is 4.74 Å². The van der Waals surface area contributed by atoms with Crippen LogP contribution in [0.15, 0.2) is 41.6 Å². The van der Waals surface area contributed by atoms with E-state index in [1.165, 1.54) is 12.4 Å². The van der Waals surface area contributed by atoms with Crippen molar-refractivity contribution >= 4 is 21.7 Å². The molecule has 21 heavy (non-hydrogen) atoms. The molecule has 2 N–H and O–H groups in total. The number of nitrogens with zero attached hydrogens (tertiary/aromatic N) is 2. The molecule has 1 aromatic carbocycles. The van der Waals surface area contributed by atoms with Gasteiger partial charge in [-0.1, -0.05) is 6.07 Å². The van der Waals surface area contributed by atoms with Gasteiger partial charge in [-0.2, -0.15) is 0 Å². The minimum absolute atomic E-state index is 0.0108. The first-order valence-electron chi connectivity index (χ1n) is 6.30. The fraction of sp³-hybridized carbons (Fsp3) is 0.231. The van der Waals surface area contributed by atoms with Crippen molar-refractivity contribution in [3.63, 3.8) is 0 Å². The molecule has 2 rings (SSSR count). The number of hydrogen-bond donors (Lipinski definition) is 2. The number of ether oxygens (including phenoxy) is 1. The van der Waals surface area contributed by atoms with E-state index in [1.54, 1.807) is 31.3 Å². The second-order valence-corrected chi connectivity index (χ2v) is 5.74. The summed E-state index contributed by atoms with van der Waals surface area (Å²) < 4.78 is 32.2. The quantitative estimate of drug-likeness (QED) is 0.844. The van der Waals surface area contributed by atoms with Crippen LogP contribution in [0.25, 0.3) is 0 Å². The lowest BCUT2D eigenvalue weighted by atomic mass is 10.3. The summed E-state index contributed by atoms with van der Waals surface area (Å²) in [4.78, 5) is 7.76. The Morgan fingerprint density at radius 1 is 1.24 bits per heavy atom. The number of aromatic nitrogens is 2. The highest BCUT2D eigenvalue weighted by molar-refractivity contribution is 7.92. The van der Waals surface area contributed by atoms with Gasteiger partial charge in [-0.3, -0.25) is 4.72 Å². The summed E-state index contributed by atoms with van der Waals surface area (Å²) >= 11 is 0. The summed E-state index contributed by atoms with van der Waals surface area (Å²) in [7, 11) is -2.07. The molecule has 8 heteroatoms. The first kappa shape index (κ1) is 15.0. The molecule has 0 saturated carbocycles. The van der Waals surface area contributed by atoms with Crippen LogP contribution in [0.2, 0.25) is 0 Å². The molecule has 0 bridgehead atoms. The summed E-state index contributed by atoms with van der Waals surface area (Å²) in [5.41, 5.74) is 0.415. The van der Waals surface area contributed by atoms with Crippen molar-refractivity contribution in [2.45, 2.75) is 11.8 Å². The number of hydrogen-bond acceptors (Lipinski definition) is 6.